The topological polar surface area (TPSA) is 78.2 Å². The van der Waals surface area contributed by atoms with Crippen molar-refractivity contribution in [1.29, 1.82) is 0 Å². The number of benzene rings is 2. The highest BCUT2D eigenvalue weighted by molar-refractivity contribution is 5.89. The highest BCUT2D eigenvalue weighted by atomic mass is 16.5. The van der Waals surface area contributed by atoms with Crippen LogP contribution in [0.3, 0.4) is 0 Å². The van der Waals surface area contributed by atoms with Gasteiger partial charge in [-0.2, -0.15) is 0 Å². The predicted molar refractivity (Wildman–Crippen MR) is 118 cm³/mol. The third-order valence-corrected chi connectivity index (χ3v) is 6.33. The second-order valence-electron chi connectivity index (χ2n) is 8.31. The molecule has 1 aromatic heterocycles. The maximum Gasteiger partial charge on any atom is 0.337 e. The van der Waals surface area contributed by atoms with Crippen molar-refractivity contribution in [3.05, 3.63) is 63.5 Å². The largest absolute Gasteiger partial charge is 0.478 e. The van der Waals surface area contributed by atoms with Gasteiger partial charge in [-0.1, -0.05) is 12.8 Å². The summed E-state index contributed by atoms with van der Waals surface area (Å²) in [5.41, 5.74) is 1.64. The number of fused-ring (bicyclic) bond motifs is 3. The fraction of sp³-hybridized carbons (Fsp3) is 0.360. The first kappa shape index (κ1) is 20.6. The van der Waals surface area contributed by atoms with Crippen LogP contribution in [0.15, 0.2) is 45.6 Å². The number of ether oxygens (including phenoxy) is 3. The molecule has 32 heavy (non-hydrogen) atoms. The molecule has 0 saturated heterocycles. The summed E-state index contributed by atoms with van der Waals surface area (Å²) < 4.78 is 22.7. The molecule has 3 aromatic rings. The van der Waals surface area contributed by atoms with Crippen LogP contribution in [0.2, 0.25) is 0 Å². The van der Waals surface area contributed by atoms with E-state index >= 15 is 0 Å². The Hall–Kier alpha value is -3.32. The minimum Gasteiger partial charge on any atom is -0.478 e. The predicted octanol–water partition coefficient (Wildman–Crippen LogP) is 4.77. The van der Waals surface area contributed by atoms with Crippen LogP contribution in [-0.4, -0.2) is 30.8 Å². The molecule has 7 nitrogen and oxygen atoms in total. The van der Waals surface area contributed by atoms with Gasteiger partial charge in [0.2, 0.25) is 11.2 Å². The number of methoxy groups -OCH3 is 1. The zero-order valence-electron chi connectivity index (χ0n) is 18.2. The molecular formula is C25H25NO6. The van der Waals surface area contributed by atoms with Gasteiger partial charge in [0.05, 0.1) is 23.6 Å². The standard InChI is InChI=1S/C25H25NO6/c1-15-23(32-18-9-7-16(8-10-18)25(28)29-2)22(27)19-11-12-21-20(24(19)31-15)13-26(14-30-21)17-5-3-4-6-17/h7-12,17H,3-6,13-14H2,1-2H3. The fourth-order valence-electron chi connectivity index (χ4n) is 4.59. The average molecular weight is 435 g/mol. The SMILES string of the molecule is COC(=O)c1ccc(Oc2c(C)oc3c4c(ccc3c2=O)OCN(C2CCCC2)C4)cc1. The first-order chi connectivity index (χ1) is 15.5. The third kappa shape index (κ3) is 3.62. The number of nitrogens with zero attached hydrogens (tertiary/aromatic N) is 1. The highest BCUT2D eigenvalue weighted by Gasteiger charge is 2.29. The number of rotatable bonds is 4. The lowest BCUT2D eigenvalue weighted by molar-refractivity contribution is 0.0581. The van der Waals surface area contributed by atoms with Crippen molar-refractivity contribution in [2.45, 2.75) is 45.2 Å². The monoisotopic (exact) mass is 435 g/mol. The fourth-order valence-corrected chi connectivity index (χ4v) is 4.59. The Morgan fingerprint density at radius 3 is 2.56 bits per heavy atom. The molecule has 0 N–H and O–H groups in total. The number of esters is 1. The molecule has 7 heteroatoms. The van der Waals surface area contributed by atoms with Crippen molar-refractivity contribution in [2.75, 3.05) is 13.8 Å². The summed E-state index contributed by atoms with van der Waals surface area (Å²) in [6.45, 7) is 2.99. The summed E-state index contributed by atoms with van der Waals surface area (Å²) in [6, 6.07) is 10.5. The number of carbonyl (C=O) groups is 1. The van der Waals surface area contributed by atoms with Crippen LogP contribution in [0.4, 0.5) is 0 Å². The van der Waals surface area contributed by atoms with Crippen molar-refractivity contribution in [3.63, 3.8) is 0 Å². The lowest BCUT2D eigenvalue weighted by atomic mass is 10.1. The summed E-state index contributed by atoms with van der Waals surface area (Å²) in [5.74, 6) is 1.29. The maximum absolute atomic E-state index is 13.3. The smallest absolute Gasteiger partial charge is 0.337 e. The molecule has 1 saturated carbocycles. The molecule has 0 spiro atoms. The van der Waals surface area contributed by atoms with Crippen LogP contribution in [0.1, 0.15) is 47.4 Å². The summed E-state index contributed by atoms with van der Waals surface area (Å²) in [5, 5.41) is 0.465. The molecule has 2 heterocycles. The van der Waals surface area contributed by atoms with E-state index in [0.29, 0.717) is 47.4 Å². The van der Waals surface area contributed by atoms with E-state index in [1.807, 2.05) is 6.07 Å². The Morgan fingerprint density at radius 1 is 1.09 bits per heavy atom. The van der Waals surface area contributed by atoms with Gasteiger partial charge in [0.15, 0.2) is 0 Å². The molecule has 2 aromatic carbocycles. The highest BCUT2D eigenvalue weighted by Crippen LogP contribution is 2.36. The van der Waals surface area contributed by atoms with E-state index in [-0.39, 0.29) is 11.2 Å². The van der Waals surface area contributed by atoms with Gasteiger partial charge in [-0.3, -0.25) is 9.69 Å². The molecule has 0 atom stereocenters. The lowest BCUT2D eigenvalue weighted by Gasteiger charge is -2.33. The van der Waals surface area contributed by atoms with E-state index in [9.17, 15) is 9.59 Å². The summed E-state index contributed by atoms with van der Waals surface area (Å²) >= 11 is 0. The van der Waals surface area contributed by atoms with Crippen LogP contribution in [-0.2, 0) is 11.3 Å². The van der Waals surface area contributed by atoms with Gasteiger partial charge in [0, 0.05) is 12.6 Å². The Bertz CT molecular complexity index is 1220. The lowest BCUT2D eigenvalue weighted by Crippen LogP contribution is -2.39. The van der Waals surface area contributed by atoms with Crippen LogP contribution >= 0.6 is 0 Å². The van der Waals surface area contributed by atoms with E-state index < -0.39 is 5.97 Å². The Labute approximate surface area is 185 Å². The summed E-state index contributed by atoms with van der Waals surface area (Å²) in [4.78, 5) is 27.2. The first-order valence-electron chi connectivity index (χ1n) is 10.9. The molecule has 166 valence electrons. The van der Waals surface area contributed by atoms with Crippen LogP contribution < -0.4 is 14.9 Å². The molecule has 1 aliphatic carbocycles. The first-order valence-corrected chi connectivity index (χ1v) is 10.9. The third-order valence-electron chi connectivity index (χ3n) is 6.33. The number of hydrogen-bond acceptors (Lipinski definition) is 7. The van der Waals surface area contributed by atoms with Crippen molar-refractivity contribution in [1.82, 2.24) is 4.90 Å². The second-order valence-corrected chi connectivity index (χ2v) is 8.31. The van der Waals surface area contributed by atoms with Gasteiger partial charge >= 0.3 is 5.97 Å². The van der Waals surface area contributed by atoms with Gasteiger partial charge in [-0.25, -0.2) is 4.79 Å². The Balaban J connectivity index is 1.49. The molecular weight excluding hydrogens is 410 g/mol. The zero-order valence-corrected chi connectivity index (χ0v) is 18.2. The minimum atomic E-state index is -0.434. The molecule has 5 rings (SSSR count). The normalized spacial score (nSPS) is 16.6. The van der Waals surface area contributed by atoms with Gasteiger partial charge in [0.1, 0.15) is 29.6 Å². The van der Waals surface area contributed by atoms with Gasteiger partial charge in [0.25, 0.3) is 0 Å². The van der Waals surface area contributed by atoms with E-state index in [2.05, 4.69) is 4.90 Å². The number of hydrogen-bond donors (Lipinski definition) is 0. The molecule has 2 aliphatic rings. The van der Waals surface area contributed by atoms with E-state index in [0.717, 1.165) is 11.3 Å². The van der Waals surface area contributed by atoms with Crippen molar-refractivity contribution < 1.29 is 23.4 Å². The molecule has 0 radical (unpaired) electrons. The van der Waals surface area contributed by atoms with Crippen molar-refractivity contribution in [3.8, 4) is 17.2 Å². The van der Waals surface area contributed by atoms with Crippen molar-refractivity contribution >= 4 is 16.9 Å². The minimum absolute atomic E-state index is 0.132. The second kappa shape index (κ2) is 8.31. The zero-order chi connectivity index (χ0) is 22.2. The quantitative estimate of drug-likeness (QED) is 0.546. The van der Waals surface area contributed by atoms with Gasteiger partial charge in [-0.05, 0) is 56.2 Å². The number of carbonyl (C=O) groups excluding carboxylic acids is 1. The van der Waals surface area contributed by atoms with Crippen LogP contribution in [0, 0.1) is 6.92 Å². The summed E-state index contributed by atoms with van der Waals surface area (Å²) in [6.07, 6.45) is 4.86. The van der Waals surface area contributed by atoms with Gasteiger partial charge < -0.3 is 18.6 Å². The Morgan fingerprint density at radius 2 is 1.84 bits per heavy atom. The summed E-state index contributed by atoms with van der Waals surface area (Å²) in [7, 11) is 1.33. The van der Waals surface area contributed by atoms with Crippen LogP contribution in [0.5, 0.6) is 17.2 Å². The van der Waals surface area contributed by atoms with E-state index in [1.165, 1.54) is 32.8 Å². The molecule has 0 bridgehead atoms. The average Bonchev–Trinajstić information content (AvgIpc) is 3.36. The Kier molecular flexibility index (Phi) is 5.35. The molecule has 0 amide bonds. The van der Waals surface area contributed by atoms with Crippen LogP contribution in [0.25, 0.3) is 11.0 Å². The van der Waals surface area contributed by atoms with Crippen molar-refractivity contribution in [2.24, 2.45) is 0 Å². The van der Waals surface area contributed by atoms with E-state index in [4.69, 9.17) is 18.6 Å². The van der Waals surface area contributed by atoms with E-state index in [1.54, 1.807) is 37.3 Å². The molecule has 1 fully saturated rings. The maximum atomic E-state index is 13.3. The van der Waals surface area contributed by atoms with Gasteiger partial charge in [-0.15, -0.1) is 0 Å². The molecule has 0 unspecified atom stereocenters. The number of aryl methyl sites for hydroxylation is 1. The molecule has 1 aliphatic heterocycles.